The Balaban J connectivity index is 2.43. The molecule has 78 valence electrons. The number of Topliss-reactive ketones (excluding diaryl/α,β-unsaturated/α-hetero) is 1. The van der Waals surface area contributed by atoms with Gasteiger partial charge in [0.05, 0.1) is 6.54 Å². The molecule has 0 aliphatic rings. The normalized spacial score (nSPS) is 10.8. The quantitative estimate of drug-likeness (QED) is 0.720. The van der Waals surface area contributed by atoms with Gasteiger partial charge in [-0.25, -0.2) is 0 Å². The van der Waals surface area contributed by atoms with Crippen LogP contribution in [0.1, 0.15) is 25.1 Å². The fourth-order valence-corrected chi connectivity index (χ4v) is 2.01. The molecular weight excluding hydrogens is 194 g/mol. The van der Waals surface area contributed by atoms with Crippen molar-refractivity contribution in [3.05, 3.63) is 22.4 Å². The molecule has 1 aromatic rings. The Labute approximate surface area is 89.5 Å². The van der Waals surface area contributed by atoms with E-state index in [4.69, 9.17) is 0 Å². The van der Waals surface area contributed by atoms with E-state index in [0.29, 0.717) is 18.7 Å². The van der Waals surface area contributed by atoms with Crippen LogP contribution in [0.15, 0.2) is 17.5 Å². The zero-order valence-electron chi connectivity index (χ0n) is 8.82. The maximum absolute atomic E-state index is 11.3. The molecule has 2 nitrogen and oxygen atoms in total. The smallest absolute Gasteiger partial charge is 0.146 e. The molecule has 1 aromatic heterocycles. The Kier molecular flexibility index (Phi) is 4.84. The molecule has 0 radical (unpaired) electrons. The second-order valence-corrected chi connectivity index (χ2v) is 4.31. The highest BCUT2D eigenvalue weighted by molar-refractivity contribution is 7.09. The van der Waals surface area contributed by atoms with E-state index in [1.54, 1.807) is 11.3 Å². The van der Waals surface area contributed by atoms with Crippen LogP contribution >= 0.6 is 11.3 Å². The van der Waals surface area contributed by atoms with Gasteiger partial charge in [-0.3, -0.25) is 9.69 Å². The fourth-order valence-electron chi connectivity index (χ4n) is 1.26. The molecule has 0 saturated carbocycles. The zero-order chi connectivity index (χ0) is 10.4. The summed E-state index contributed by atoms with van der Waals surface area (Å²) in [5.74, 6) is 0.323. The van der Waals surface area contributed by atoms with Crippen molar-refractivity contribution < 1.29 is 4.79 Å². The number of nitrogens with zero attached hydrogens (tertiary/aromatic N) is 1. The van der Waals surface area contributed by atoms with Gasteiger partial charge in [-0.1, -0.05) is 19.9 Å². The molecule has 0 aromatic carbocycles. The van der Waals surface area contributed by atoms with Gasteiger partial charge >= 0.3 is 0 Å². The van der Waals surface area contributed by atoms with E-state index in [9.17, 15) is 4.79 Å². The molecular formula is C11H17NOS. The number of ketones is 1. The predicted octanol–water partition coefficient (Wildman–Crippen LogP) is 2.55. The minimum absolute atomic E-state index is 0.323. The summed E-state index contributed by atoms with van der Waals surface area (Å²) < 4.78 is 0. The highest BCUT2D eigenvalue weighted by atomic mass is 32.1. The molecule has 1 heterocycles. The third-order valence-corrected chi connectivity index (χ3v) is 3.06. The number of likely N-dealkylation sites (N-methyl/N-ethyl adjacent to an activating group) is 1. The van der Waals surface area contributed by atoms with Gasteiger partial charge in [0.15, 0.2) is 0 Å². The van der Waals surface area contributed by atoms with Crippen LogP contribution in [0.25, 0.3) is 0 Å². The molecule has 3 heteroatoms. The van der Waals surface area contributed by atoms with Gasteiger partial charge in [0.25, 0.3) is 0 Å². The lowest BCUT2D eigenvalue weighted by Gasteiger charge is -2.17. The first-order chi connectivity index (χ1) is 6.76. The third kappa shape index (κ3) is 3.60. The number of thiophene rings is 1. The molecule has 0 fully saturated rings. The molecule has 0 amide bonds. The maximum Gasteiger partial charge on any atom is 0.146 e. The zero-order valence-corrected chi connectivity index (χ0v) is 9.64. The van der Waals surface area contributed by atoms with E-state index in [1.807, 2.05) is 6.92 Å². The van der Waals surface area contributed by atoms with E-state index in [-0.39, 0.29) is 0 Å². The number of carbonyl (C=O) groups excluding carboxylic acids is 1. The summed E-state index contributed by atoms with van der Waals surface area (Å²) in [5, 5.41) is 2.07. The number of hydrogen-bond acceptors (Lipinski definition) is 3. The molecule has 14 heavy (non-hydrogen) atoms. The molecule has 0 aliphatic carbocycles. The molecule has 0 unspecified atom stereocenters. The van der Waals surface area contributed by atoms with Gasteiger partial charge in [-0.05, 0) is 18.0 Å². The van der Waals surface area contributed by atoms with Crippen LogP contribution in [0.2, 0.25) is 0 Å². The largest absolute Gasteiger partial charge is 0.298 e. The van der Waals surface area contributed by atoms with Gasteiger partial charge in [0, 0.05) is 17.8 Å². The summed E-state index contributed by atoms with van der Waals surface area (Å²) in [4.78, 5) is 14.8. The lowest BCUT2D eigenvalue weighted by Crippen LogP contribution is -2.28. The van der Waals surface area contributed by atoms with Crippen molar-refractivity contribution in [3.63, 3.8) is 0 Å². The second kappa shape index (κ2) is 5.94. The van der Waals surface area contributed by atoms with Gasteiger partial charge in [-0.15, -0.1) is 11.3 Å². The summed E-state index contributed by atoms with van der Waals surface area (Å²) in [6.07, 6.45) is 0.640. The Hall–Kier alpha value is -0.670. The maximum atomic E-state index is 11.3. The first-order valence-corrected chi connectivity index (χ1v) is 5.90. The van der Waals surface area contributed by atoms with E-state index in [2.05, 4.69) is 29.3 Å². The first-order valence-electron chi connectivity index (χ1n) is 5.02. The van der Waals surface area contributed by atoms with Crippen LogP contribution in [-0.4, -0.2) is 23.8 Å². The second-order valence-electron chi connectivity index (χ2n) is 3.27. The van der Waals surface area contributed by atoms with Gasteiger partial charge < -0.3 is 0 Å². The first kappa shape index (κ1) is 11.4. The van der Waals surface area contributed by atoms with Crippen LogP contribution in [0.4, 0.5) is 0 Å². The van der Waals surface area contributed by atoms with Crippen LogP contribution in [0.5, 0.6) is 0 Å². The Bertz CT molecular complexity index is 269. The summed E-state index contributed by atoms with van der Waals surface area (Å²) in [6, 6.07) is 4.17. The molecule has 0 atom stereocenters. The van der Waals surface area contributed by atoms with Crippen LogP contribution in [-0.2, 0) is 11.3 Å². The van der Waals surface area contributed by atoms with E-state index < -0.39 is 0 Å². The van der Waals surface area contributed by atoms with E-state index in [1.165, 1.54) is 4.88 Å². The van der Waals surface area contributed by atoms with Crippen molar-refractivity contribution in [2.24, 2.45) is 0 Å². The Morgan fingerprint density at radius 1 is 1.50 bits per heavy atom. The number of hydrogen-bond donors (Lipinski definition) is 0. The van der Waals surface area contributed by atoms with Crippen molar-refractivity contribution in [2.75, 3.05) is 13.1 Å². The van der Waals surface area contributed by atoms with Gasteiger partial charge in [0.1, 0.15) is 5.78 Å². The summed E-state index contributed by atoms with van der Waals surface area (Å²) >= 11 is 1.75. The van der Waals surface area contributed by atoms with Crippen LogP contribution in [0, 0.1) is 0 Å². The van der Waals surface area contributed by atoms with Crippen molar-refractivity contribution in [3.8, 4) is 0 Å². The Morgan fingerprint density at radius 2 is 2.29 bits per heavy atom. The van der Waals surface area contributed by atoms with Crippen molar-refractivity contribution in [1.82, 2.24) is 4.90 Å². The minimum atomic E-state index is 0.323. The summed E-state index contributed by atoms with van der Waals surface area (Å²) in [5.41, 5.74) is 0. The highest BCUT2D eigenvalue weighted by Crippen LogP contribution is 2.11. The van der Waals surface area contributed by atoms with E-state index >= 15 is 0 Å². The fraction of sp³-hybridized carbons (Fsp3) is 0.545. The molecule has 0 saturated heterocycles. The third-order valence-electron chi connectivity index (χ3n) is 2.20. The molecule has 0 aliphatic heterocycles. The van der Waals surface area contributed by atoms with Crippen LogP contribution in [0.3, 0.4) is 0 Å². The lowest BCUT2D eigenvalue weighted by molar-refractivity contribution is -0.119. The van der Waals surface area contributed by atoms with Gasteiger partial charge in [-0.2, -0.15) is 0 Å². The SMILES string of the molecule is CCC(=O)CN(CC)Cc1cccs1. The molecule has 1 rings (SSSR count). The van der Waals surface area contributed by atoms with Crippen molar-refractivity contribution in [1.29, 1.82) is 0 Å². The molecule has 0 bridgehead atoms. The highest BCUT2D eigenvalue weighted by Gasteiger charge is 2.08. The van der Waals surface area contributed by atoms with Crippen molar-refractivity contribution >= 4 is 17.1 Å². The monoisotopic (exact) mass is 211 g/mol. The number of rotatable bonds is 6. The summed E-state index contributed by atoms with van der Waals surface area (Å²) in [7, 11) is 0. The van der Waals surface area contributed by atoms with Crippen molar-refractivity contribution in [2.45, 2.75) is 26.8 Å². The van der Waals surface area contributed by atoms with Gasteiger partial charge in [0.2, 0.25) is 0 Å². The average Bonchev–Trinajstić information content (AvgIpc) is 2.69. The van der Waals surface area contributed by atoms with E-state index in [0.717, 1.165) is 13.1 Å². The average molecular weight is 211 g/mol. The standard InChI is InChI=1S/C11H17NOS/c1-3-10(13)8-12(4-2)9-11-6-5-7-14-11/h5-7H,3-4,8-9H2,1-2H3. The summed E-state index contributed by atoms with van der Waals surface area (Å²) in [6.45, 7) is 6.44. The van der Waals surface area contributed by atoms with Crippen LogP contribution < -0.4 is 0 Å². The minimum Gasteiger partial charge on any atom is -0.298 e. The predicted molar refractivity (Wildman–Crippen MR) is 60.6 cm³/mol. The lowest BCUT2D eigenvalue weighted by atomic mass is 10.3. The Morgan fingerprint density at radius 3 is 2.79 bits per heavy atom. The molecule has 0 spiro atoms. The molecule has 0 N–H and O–H groups in total. The topological polar surface area (TPSA) is 20.3 Å². The number of carbonyl (C=O) groups is 1.